The van der Waals surface area contributed by atoms with Gasteiger partial charge in [-0.2, -0.15) is 10.4 Å². The maximum absolute atomic E-state index is 8.82. The van der Waals surface area contributed by atoms with Crippen LogP contribution in [-0.2, 0) is 13.6 Å². The van der Waals surface area contributed by atoms with E-state index in [-0.39, 0.29) is 5.82 Å². The van der Waals surface area contributed by atoms with Crippen LogP contribution < -0.4 is 5.32 Å². The summed E-state index contributed by atoms with van der Waals surface area (Å²) in [6, 6.07) is 1.93. The van der Waals surface area contributed by atoms with E-state index < -0.39 is 0 Å². The highest BCUT2D eigenvalue weighted by Crippen LogP contribution is 2.16. The smallest absolute Gasteiger partial charge is 0.252 e. The van der Waals surface area contributed by atoms with Crippen molar-refractivity contribution in [2.75, 3.05) is 6.54 Å². The second-order valence-corrected chi connectivity index (χ2v) is 5.16. The van der Waals surface area contributed by atoms with Crippen molar-refractivity contribution >= 4 is 0 Å². The summed E-state index contributed by atoms with van der Waals surface area (Å²) in [5.41, 5.74) is 2.02. The van der Waals surface area contributed by atoms with Gasteiger partial charge in [0.2, 0.25) is 0 Å². The van der Waals surface area contributed by atoms with E-state index in [9.17, 15) is 0 Å². The fraction of sp³-hybridized carbons (Fsp3) is 0.538. The third-order valence-electron chi connectivity index (χ3n) is 2.98. The molecule has 2 rings (SSSR count). The van der Waals surface area contributed by atoms with E-state index >= 15 is 0 Å². The Labute approximate surface area is 118 Å². The largest absolute Gasteiger partial charge is 0.312 e. The van der Waals surface area contributed by atoms with E-state index in [1.807, 2.05) is 20.0 Å². The zero-order valence-electron chi connectivity index (χ0n) is 12.3. The van der Waals surface area contributed by atoms with Gasteiger partial charge in [0.05, 0.1) is 5.69 Å². The first-order chi connectivity index (χ1) is 9.52. The van der Waals surface area contributed by atoms with E-state index in [0.717, 1.165) is 30.2 Å². The molecule has 0 aliphatic carbocycles. The molecule has 0 spiro atoms. The van der Waals surface area contributed by atoms with E-state index in [4.69, 9.17) is 5.26 Å². The molecule has 20 heavy (non-hydrogen) atoms. The molecule has 0 aliphatic rings. The normalized spacial score (nSPS) is 11.0. The minimum Gasteiger partial charge on any atom is -0.312 e. The van der Waals surface area contributed by atoms with Crippen LogP contribution in [0.25, 0.3) is 5.82 Å². The first-order valence-corrected chi connectivity index (χ1v) is 6.58. The number of aryl methyl sites for hydroxylation is 2. The van der Waals surface area contributed by atoms with Crippen LogP contribution in [0.5, 0.6) is 0 Å². The van der Waals surface area contributed by atoms with Gasteiger partial charge in [0.1, 0.15) is 12.4 Å². The topological polar surface area (TPSA) is 84.3 Å². The van der Waals surface area contributed by atoms with Gasteiger partial charge in [-0.25, -0.2) is 9.67 Å². The highest BCUT2D eigenvalue weighted by molar-refractivity contribution is 5.37. The van der Waals surface area contributed by atoms with Crippen LogP contribution in [0.4, 0.5) is 0 Å². The molecule has 0 fully saturated rings. The average molecular weight is 273 g/mol. The first-order valence-electron chi connectivity index (χ1n) is 6.58. The molecular weight excluding hydrogens is 254 g/mol. The Morgan fingerprint density at radius 3 is 2.75 bits per heavy atom. The molecule has 2 aromatic rings. The molecule has 0 saturated carbocycles. The van der Waals surface area contributed by atoms with Gasteiger partial charge in [-0.05, 0) is 19.4 Å². The standard InChI is InChI=1S/C13H19N7/c1-9(2)6-15-7-11-10(3)17-19(4)13(11)20-8-16-12(5-14)18-20/h8-9,15H,6-7H2,1-4H3. The van der Waals surface area contributed by atoms with Crippen LogP contribution in [0.15, 0.2) is 6.33 Å². The lowest BCUT2D eigenvalue weighted by Crippen LogP contribution is -2.20. The fourth-order valence-corrected chi connectivity index (χ4v) is 2.09. The molecule has 0 aromatic carbocycles. The minimum absolute atomic E-state index is 0.157. The van der Waals surface area contributed by atoms with Gasteiger partial charge in [-0.1, -0.05) is 13.8 Å². The van der Waals surface area contributed by atoms with E-state index in [2.05, 4.69) is 34.3 Å². The number of nitrogens with zero attached hydrogens (tertiary/aromatic N) is 6. The number of nitrogens with one attached hydrogen (secondary N) is 1. The SMILES string of the molecule is Cc1nn(C)c(-n2cnc(C#N)n2)c1CNCC(C)C. The van der Waals surface area contributed by atoms with Crippen molar-refractivity contribution in [3.05, 3.63) is 23.4 Å². The highest BCUT2D eigenvalue weighted by atomic mass is 15.4. The molecule has 0 aliphatic heterocycles. The van der Waals surface area contributed by atoms with Crippen molar-refractivity contribution in [3.63, 3.8) is 0 Å². The minimum atomic E-state index is 0.157. The molecule has 2 heterocycles. The predicted molar refractivity (Wildman–Crippen MR) is 74.1 cm³/mol. The van der Waals surface area contributed by atoms with Crippen LogP contribution in [0, 0.1) is 24.2 Å². The molecule has 0 saturated heterocycles. The Morgan fingerprint density at radius 1 is 1.40 bits per heavy atom. The third kappa shape index (κ3) is 2.86. The third-order valence-corrected chi connectivity index (χ3v) is 2.98. The van der Waals surface area contributed by atoms with Crippen molar-refractivity contribution in [2.24, 2.45) is 13.0 Å². The van der Waals surface area contributed by atoms with E-state index in [1.54, 1.807) is 15.7 Å². The summed E-state index contributed by atoms with van der Waals surface area (Å²) in [5.74, 6) is 1.59. The number of aromatic nitrogens is 5. The lowest BCUT2D eigenvalue weighted by molar-refractivity contribution is 0.550. The number of rotatable bonds is 5. The van der Waals surface area contributed by atoms with Crippen molar-refractivity contribution < 1.29 is 0 Å². The summed E-state index contributed by atoms with van der Waals surface area (Å²) < 4.78 is 3.36. The first kappa shape index (κ1) is 14.2. The molecule has 0 atom stereocenters. The average Bonchev–Trinajstić information content (AvgIpc) is 2.94. The van der Waals surface area contributed by atoms with Gasteiger partial charge in [-0.3, -0.25) is 4.68 Å². The Kier molecular flexibility index (Phi) is 4.15. The van der Waals surface area contributed by atoms with E-state index in [0.29, 0.717) is 5.92 Å². The highest BCUT2D eigenvalue weighted by Gasteiger charge is 2.16. The van der Waals surface area contributed by atoms with Crippen LogP contribution in [-0.4, -0.2) is 31.1 Å². The van der Waals surface area contributed by atoms with Crippen molar-refractivity contribution in [3.8, 4) is 11.9 Å². The van der Waals surface area contributed by atoms with Crippen molar-refractivity contribution in [1.29, 1.82) is 5.26 Å². The summed E-state index contributed by atoms with van der Waals surface area (Å²) in [6.07, 6.45) is 1.54. The second-order valence-electron chi connectivity index (χ2n) is 5.16. The quantitative estimate of drug-likeness (QED) is 0.876. The van der Waals surface area contributed by atoms with E-state index in [1.165, 1.54) is 0 Å². The zero-order valence-corrected chi connectivity index (χ0v) is 12.3. The van der Waals surface area contributed by atoms with Crippen LogP contribution in [0.2, 0.25) is 0 Å². The summed E-state index contributed by atoms with van der Waals surface area (Å²) >= 11 is 0. The lowest BCUT2D eigenvalue weighted by atomic mass is 10.2. The second kappa shape index (κ2) is 5.84. The van der Waals surface area contributed by atoms with Gasteiger partial charge in [0, 0.05) is 19.2 Å². The van der Waals surface area contributed by atoms with Gasteiger partial charge in [0.25, 0.3) is 5.82 Å². The number of hydrogen-bond donors (Lipinski definition) is 1. The molecule has 0 unspecified atom stereocenters. The zero-order chi connectivity index (χ0) is 14.7. The van der Waals surface area contributed by atoms with Crippen LogP contribution >= 0.6 is 0 Å². The molecule has 0 radical (unpaired) electrons. The number of nitriles is 1. The van der Waals surface area contributed by atoms with Gasteiger partial charge >= 0.3 is 0 Å². The maximum atomic E-state index is 8.82. The summed E-state index contributed by atoms with van der Waals surface area (Å²) in [5, 5.41) is 20.8. The van der Waals surface area contributed by atoms with Gasteiger partial charge in [0.15, 0.2) is 5.82 Å². The lowest BCUT2D eigenvalue weighted by Gasteiger charge is -2.09. The van der Waals surface area contributed by atoms with Gasteiger partial charge < -0.3 is 5.32 Å². The van der Waals surface area contributed by atoms with Crippen LogP contribution in [0.1, 0.15) is 30.9 Å². The van der Waals surface area contributed by atoms with Crippen molar-refractivity contribution in [1.82, 2.24) is 29.9 Å². The molecule has 1 N–H and O–H groups in total. The molecule has 7 nitrogen and oxygen atoms in total. The van der Waals surface area contributed by atoms with Gasteiger partial charge in [-0.15, -0.1) is 5.10 Å². The van der Waals surface area contributed by atoms with Crippen LogP contribution in [0.3, 0.4) is 0 Å². The Morgan fingerprint density at radius 2 is 2.15 bits per heavy atom. The molecule has 0 amide bonds. The Hall–Kier alpha value is -2.20. The number of hydrogen-bond acceptors (Lipinski definition) is 5. The Bertz CT molecular complexity index is 630. The molecule has 2 aromatic heterocycles. The monoisotopic (exact) mass is 273 g/mol. The summed E-state index contributed by atoms with van der Waals surface area (Å²) in [4.78, 5) is 3.94. The molecule has 0 bridgehead atoms. The maximum Gasteiger partial charge on any atom is 0.252 e. The summed E-state index contributed by atoms with van der Waals surface area (Å²) in [6.45, 7) is 7.96. The molecule has 106 valence electrons. The van der Waals surface area contributed by atoms with Crippen molar-refractivity contribution in [2.45, 2.75) is 27.3 Å². The predicted octanol–water partition coefficient (Wildman–Crippen LogP) is 0.926. The fourth-order valence-electron chi connectivity index (χ4n) is 2.09. The molecule has 7 heteroatoms. The Balaban J connectivity index is 2.30. The summed E-state index contributed by atoms with van der Waals surface area (Å²) in [7, 11) is 1.86. The molecular formula is C13H19N7.